The number of halogens is 1. The lowest BCUT2D eigenvalue weighted by atomic mass is 9.98. The van der Waals surface area contributed by atoms with Crippen LogP contribution in [0.5, 0.6) is 0 Å². The fraction of sp³-hybridized carbons (Fsp3) is 0.0526. The van der Waals surface area contributed by atoms with Gasteiger partial charge in [0.1, 0.15) is 11.5 Å². The van der Waals surface area contributed by atoms with Gasteiger partial charge in [0.2, 0.25) is 10.0 Å². The predicted molar refractivity (Wildman–Crippen MR) is 103 cm³/mol. The Morgan fingerprint density at radius 2 is 1.64 bits per heavy atom. The molecule has 144 valence electrons. The molecule has 0 saturated heterocycles. The first kappa shape index (κ1) is 19.5. The smallest absolute Gasteiger partial charge is 0.293 e. The van der Waals surface area contributed by atoms with Crippen LogP contribution in [0.3, 0.4) is 0 Å². The van der Waals surface area contributed by atoms with Crippen molar-refractivity contribution < 1.29 is 17.7 Å². The third-order valence-corrected chi connectivity index (χ3v) is 5.02. The minimum absolute atomic E-state index is 0.0792. The maximum Gasteiger partial charge on any atom is 0.293 e. The molecule has 1 atom stereocenters. The molecule has 3 rings (SSSR count). The highest BCUT2D eigenvalue weighted by Crippen LogP contribution is 2.33. The Morgan fingerprint density at radius 1 is 0.964 bits per heavy atom. The van der Waals surface area contributed by atoms with Crippen LogP contribution in [0, 0.1) is 15.9 Å². The summed E-state index contributed by atoms with van der Waals surface area (Å²) in [6, 6.07) is 17.6. The number of benzene rings is 3. The molecule has 0 bridgehead atoms. The Hall–Kier alpha value is -3.30. The Kier molecular flexibility index (Phi) is 5.39. The minimum atomic E-state index is -4.10. The fourth-order valence-electron chi connectivity index (χ4n) is 2.81. The molecule has 3 N–H and O–H groups in total. The van der Waals surface area contributed by atoms with Gasteiger partial charge in [-0.15, -0.1) is 0 Å². The zero-order valence-corrected chi connectivity index (χ0v) is 15.3. The van der Waals surface area contributed by atoms with Crippen molar-refractivity contribution in [3.63, 3.8) is 0 Å². The molecule has 0 aliphatic heterocycles. The van der Waals surface area contributed by atoms with Gasteiger partial charge in [-0.2, -0.15) is 0 Å². The molecular formula is C19H16FN3O4S. The summed E-state index contributed by atoms with van der Waals surface area (Å²) in [4.78, 5) is 10.4. The number of anilines is 1. The van der Waals surface area contributed by atoms with Crippen molar-refractivity contribution in [3.8, 4) is 0 Å². The number of primary sulfonamides is 1. The van der Waals surface area contributed by atoms with E-state index in [1.165, 1.54) is 24.3 Å². The summed E-state index contributed by atoms with van der Waals surface area (Å²) in [6.07, 6.45) is 0. The summed E-state index contributed by atoms with van der Waals surface area (Å²) in [5.74, 6) is -0.445. The summed E-state index contributed by atoms with van der Waals surface area (Å²) >= 11 is 0. The molecule has 28 heavy (non-hydrogen) atoms. The lowest BCUT2D eigenvalue weighted by molar-refractivity contribution is -0.384. The van der Waals surface area contributed by atoms with Crippen LogP contribution in [0.1, 0.15) is 17.2 Å². The van der Waals surface area contributed by atoms with Crippen molar-refractivity contribution in [1.82, 2.24) is 0 Å². The molecule has 0 aromatic heterocycles. The van der Waals surface area contributed by atoms with Crippen molar-refractivity contribution in [2.45, 2.75) is 10.9 Å². The van der Waals surface area contributed by atoms with E-state index in [9.17, 15) is 22.9 Å². The van der Waals surface area contributed by atoms with Crippen molar-refractivity contribution >= 4 is 21.4 Å². The van der Waals surface area contributed by atoms with Crippen LogP contribution in [-0.4, -0.2) is 13.3 Å². The van der Waals surface area contributed by atoms with E-state index in [-0.39, 0.29) is 10.6 Å². The number of hydrogen-bond donors (Lipinski definition) is 2. The number of nitrogens with one attached hydrogen (secondary N) is 1. The largest absolute Gasteiger partial charge is 0.369 e. The SMILES string of the molecule is NS(=O)(=O)c1ccc(NC(c2ccccc2)c2cccc(F)c2)c([N+](=O)[O-])c1. The van der Waals surface area contributed by atoms with Crippen LogP contribution in [0.15, 0.2) is 77.7 Å². The van der Waals surface area contributed by atoms with Crippen LogP contribution < -0.4 is 10.5 Å². The zero-order valence-electron chi connectivity index (χ0n) is 14.4. The summed E-state index contributed by atoms with van der Waals surface area (Å²) < 4.78 is 36.8. The second-order valence-corrected chi connectivity index (χ2v) is 7.59. The molecule has 3 aromatic carbocycles. The van der Waals surface area contributed by atoms with E-state index in [0.29, 0.717) is 5.56 Å². The zero-order chi connectivity index (χ0) is 20.3. The van der Waals surface area contributed by atoms with Crippen LogP contribution in [0.25, 0.3) is 0 Å². The Balaban J connectivity index is 2.10. The molecule has 0 spiro atoms. The quantitative estimate of drug-likeness (QED) is 0.484. The molecular weight excluding hydrogens is 385 g/mol. The third kappa shape index (κ3) is 4.33. The molecule has 0 heterocycles. The maximum atomic E-state index is 13.8. The van der Waals surface area contributed by atoms with E-state index in [2.05, 4.69) is 5.32 Å². The summed E-state index contributed by atoms with van der Waals surface area (Å²) in [6.45, 7) is 0. The predicted octanol–water partition coefficient (Wildman–Crippen LogP) is 3.58. The van der Waals surface area contributed by atoms with E-state index in [1.54, 1.807) is 36.4 Å². The van der Waals surface area contributed by atoms with Gasteiger partial charge in [-0.1, -0.05) is 42.5 Å². The molecule has 1 unspecified atom stereocenters. The average molecular weight is 401 g/mol. The highest BCUT2D eigenvalue weighted by Gasteiger charge is 2.23. The number of nitrogens with two attached hydrogens (primary N) is 1. The lowest BCUT2D eigenvalue weighted by Crippen LogP contribution is -2.15. The minimum Gasteiger partial charge on any atom is -0.369 e. The number of sulfonamides is 1. The van der Waals surface area contributed by atoms with Gasteiger partial charge in [-0.25, -0.2) is 17.9 Å². The van der Waals surface area contributed by atoms with Crippen molar-refractivity contribution in [2.75, 3.05) is 5.32 Å². The highest BCUT2D eigenvalue weighted by molar-refractivity contribution is 7.89. The summed E-state index contributed by atoms with van der Waals surface area (Å²) in [5.41, 5.74) is 0.924. The number of nitro groups is 1. The van der Waals surface area contributed by atoms with Crippen molar-refractivity contribution in [2.24, 2.45) is 5.14 Å². The van der Waals surface area contributed by atoms with E-state index in [0.717, 1.165) is 11.6 Å². The van der Waals surface area contributed by atoms with E-state index < -0.39 is 32.5 Å². The van der Waals surface area contributed by atoms with Gasteiger partial charge in [-0.3, -0.25) is 10.1 Å². The maximum absolute atomic E-state index is 13.8. The van der Waals surface area contributed by atoms with Crippen LogP contribution in [0.4, 0.5) is 15.8 Å². The number of hydrogen-bond acceptors (Lipinski definition) is 5. The molecule has 0 fully saturated rings. The molecule has 0 aliphatic rings. The van der Waals surface area contributed by atoms with Crippen LogP contribution in [0.2, 0.25) is 0 Å². The highest BCUT2D eigenvalue weighted by atomic mass is 32.2. The fourth-order valence-corrected chi connectivity index (χ4v) is 3.34. The van der Waals surface area contributed by atoms with Gasteiger partial charge in [-0.05, 0) is 35.4 Å². The second kappa shape index (κ2) is 7.75. The van der Waals surface area contributed by atoms with Gasteiger partial charge < -0.3 is 5.32 Å². The lowest BCUT2D eigenvalue weighted by Gasteiger charge is -2.21. The van der Waals surface area contributed by atoms with Gasteiger partial charge >= 0.3 is 0 Å². The van der Waals surface area contributed by atoms with Crippen LogP contribution in [-0.2, 0) is 10.0 Å². The van der Waals surface area contributed by atoms with Crippen molar-refractivity contribution in [1.29, 1.82) is 0 Å². The standard InChI is InChI=1S/C19H16FN3O4S/c20-15-8-4-7-14(11-15)19(13-5-2-1-3-6-13)22-17-10-9-16(28(21,26)27)12-18(17)23(24)25/h1-12,19,22H,(H2,21,26,27). The van der Waals surface area contributed by atoms with Gasteiger partial charge in [0, 0.05) is 6.07 Å². The normalized spacial score (nSPS) is 12.4. The molecule has 9 heteroatoms. The molecule has 0 aliphatic carbocycles. The van der Waals surface area contributed by atoms with Gasteiger partial charge in [0.15, 0.2) is 0 Å². The first-order valence-corrected chi connectivity index (χ1v) is 9.68. The monoisotopic (exact) mass is 401 g/mol. The van der Waals surface area contributed by atoms with E-state index in [4.69, 9.17) is 5.14 Å². The molecule has 7 nitrogen and oxygen atoms in total. The summed E-state index contributed by atoms with van der Waals surface area (Å²) in [5, 5.41) is 19.6. The molecule has 0 saturated carbocycles. The summed E-state index contributed by atoms with van der Waals surface area (Å²) in [7, 11) is -4.10. The number of rotatable bonds is 6. The first-order valence-electron chi connectivity index (χ1n) is 8.14. The second-order valence-electron chi connectivity index (χ2n) is 6.02. The topological polar surface area (TPSA) is 115 Å². The van der Waals surface area contributed by atoms with Crippen LogP contribution >= 0.6 is 0 Å². The molecule has 0 radical (unpaired) electrons. The van der Waals surface area contributed by atoms with Gasteiger partial charge in [0.25, 0.3) is 5.69 Å². The Labute approximate surface area is 160 Å². The number of nitrogens with zero attached hydrogens (tertiary/aromatic N) is 1. The average Bonchev–Trinajstić information content (AvgIpc) is 2.66. The third-order valence-electron chi connectivity index (χ3n) is 4.11. The Morgan fingerprint density at radius 3 is 2.25 bits per heavy atom. The molecule has 0 amide bonds. The van der Waals surface area contributed by atoms with E-state index in [1.807, 2.05) is 6.07 Å². The van der Waals surface area contributed by atoms with Crippen molar-refractivity contribution in [3.05, 3.63) is 99.9 Å². The van der Waals surface area contributed by atoms with Gasteiger partial charge in [0.05, 0.1) is 15.9 Å². The Bertz CT molecular complexity index is 1120. The van der Waals surface area contributed by atoms with E-state index >= 15 is 0 Å². The number of nitro benzene ring substituents is 1. The molecule has 3 aromatic rings. The first-order chi connectivity index (χ1) is 13.3.